The summed E-state index contributed by atoms with van der Waals surface area (Å²) in [5, 5.41) is 2.66. The Morgan fingerprint density at radius 3 is 2.29 bits per heavy atom. The molecule has 3 N–H and O–H groups in total. The third-order valence-electron chi connectivity index (χ3n) is 6.16. The zero-order valence-corrected chi connectivity index (χ0v) is 16.9. The van der Waals surface area contributed by atoms with E-state index < -0.39 is 6.09 Å². The van der Waals surface area contributed by atoms with Crippen LogP contribution >= 0.6 is 0 Å². The first-order valence-corrected chi connectivity index (χ1v) is 10.6. The molecule has 2 fully saturated rings. The van der Waals surface area contributed by atoms with E-state index in [0.717, 1.165) is 56.9 Å². The van der Waals surface area contributed by atoms with Crippen LogP contribution in [0, 0.1) is 5.92 Å². The summed E-state index contributed by atoms with van der Waals surface area (Å²) in [6.45, 7) is 0.619. The van der Waals surface area contributed by atoms with E-state index in [4.69, 9.17) is 5.73 Å². The maximum absolute atomic E-state index is 13.4. The maximum atomic E-state index is 13.4. The average molecular weight is 388 g/mol. The highest BCUT2D eigenvalue weighted by molar-refractivity contribution is 5.84. The van der Waals surface area contributed by atoms with Crippen LogP contribution in [0.4, 0.5) is 10.5 Å². The number of anilines is 1. The Kier molecular flexibility index (Phi) is 7.31. The summed E-state index contributed by atoms with van der Waals surface area (Å²) >= 11 is 0. The first-order valence-electron chi connectivity index (χ1n) is 10.6. The second-order valence-electron chi connectivity index (χ2n) is 8.18. The number of amides is 2. The molecule has 154 valence electrons. The average Bonchev–Trinajstić information content (AvgIpc) is 2.74. The van der Waals surface area contributed by atoms with Gasteiger partial charge < -0.3 is 15.4 Å². The zero-order chi connectivity index (χ0) is 19.9. The standard InChI is InChI=1S/C22H33N3O3/c1-28-22(27)24-19-11-7-16(8-12-19)15-25(20-13-9-18(23)10-14-20)21(26)17-5-3-2-4-6-17/h7-8,11-12,17-18,20H,2-6,9-10,13-15,23H2,1H3,(H,24,27). The molecule has 0 bridgehead atoms. The molecule has 1 aromatic carbocycles. The third-order valence-corrected chi connectivity index (χ3v) is 6.16. The highest BCUT2D eigenvalue weighted by Crippen LogP contribution is 2.30. The molecule has 0 atom stereocenters. The summed E-state index contributed by atoms with van der Waals surface area (Å²) < 4.78 is 4.62. The molecular weight excluding hydrogens is 354 g/mol. The first kappa shape index (κ1) is 20.6. The van der Waals surface area contributed by atoms with Crippen molar-refractivity contribution in [3.05, 3.63) is 29.8 Å². The molecule has 6 heteroatoms. The van der Waals surface area contributed by atoms with Crippen LogP contribution in [0.5, 0.6) is 0 Å². The lowest BCUT2D eigenvalue weighted by molar-refractivity contribution is -0.140. The number of rotatable bonds is 5. The minimum atomic E-state index is -0.486. The monoisotopic (exact) mass is 387 g/mol. The second-order valence-corrected chi connectivity index (χ2v) is 8.18. The summed E-state index contributed by atoms with van der Waals surface area (Å²) in [5.41, 5.74) is 7.85. The van der Waals surface area contributed by atoms with Gasteiger partial charge in [-0.3, -0.25) is 10.1 Å². The first-order chi connectivity index (χ1) is 13.6. The van der Waals surface area contributed by atoms with Crippen molar-refractivity contribution in [2.75, 3.05) is 12.4 Å². The highest BCUT2D eigenvalue weighted by Gasteiger charge is 2.32. The predicted molar refractivity (Wildman–Crippen MR) is 110 cm³/mol. The smallest absolute Gasteiger partial charge is 0.411 e. The molecule has 0 heterocycles. The lowest BCUT2D eigenvalue weighted by atomic mass is 9.85. The number of methoxy groups -OCH3 is 1. The molecule has 2 aliphatic rings. The molecule has 2 amide bonds. The van der Waals surface area contributed by atoms with Crippen LogP contribution in [0.2, 0.25) is 0 Å². The van der Waals surface area contributed by atoms with Gasteiger partial charge in [0.05, 0.1) is 7.11 Å². The number of nitrogens with zero attached hydrogens (tertiary/aromatic N) is 1. The largest absolute Gasteiger partial charge is 0.453 e. The molecule has 1 aromatic rings. The molecule has 0 radical (unpaired) electrons. The number of hydrogen-bond donors (Lipinski definition) is 2. The number of carbonyl (C=O) groups excluding carboxylic acids is 2. The minimum Gasteiger partial charge on any atom is -0.453 e. The SMILES string of the molecule is COC(=O)Nc1ccc(CN(C(=O)C2CCCCC2)C2CCC(N)CC2)cc1. The second kappa shape index (κ2) is 9.92. The number of nitrogens with one attached hydrogen (secondary N) is 1. The van der Waals surface area contributed by atoms with E-state index >= 15 is 0 Å². The molecule has 0 aliphatic heterocycles. The van der Waals surface area contributed by atoms with Crippen LogP contribution in [0.1, 0.15) is 63.4 Å². The van der Waals surface area contributed by atoms with E-state index in [9.17, 15) is 9.59 Å². The van der Waals surface area contributed by atoms with Crippen molar-refractivity contribution in [2.45, 2.75) is 76.4 Å². The number of benzene rings is 1. The fourth-order valence-corrected chi connectivity index (χ4v) is 4.44. The molecule has 0 aromatic heterocycles. The summed E-state index contributed by atoms with van der Waals surface area (Å²) in [5.74, 6) is 0.488. The van der Waals surface area contributed by atoms with Gasteiger partial charge in [0.2, 0.25) is 5.91 Å². The molecule has 3 rings (SSSR count). The summed E-state index contributed by atoms with van der Waals surface area (Å²) in [6, 6.07) is 8.20. The van der Waals surface area contributed by atoms with Gasteiger partial charge in [0.15, 0.2) is 0 Å². The van der Waals surface area contributed by atoms with Crippen molar-refractivity contribution < 1.29 is 14.3 Å². The fraction of sp³-hybridized carbons (Fsp3) is 0.636. The van der Waals surface area contributed by atoms with E-state index in [1.165, 1.54) is 13.5 Å². The topological polar surface area (TPSA) is 84.7 Å². The zero-order valence-electron chi connectivity index (χ0n) is 16.9. The van der Waals surface area contributed by atoms with E-state index in [0.29, 0.717) is 18.1 Å². The van der Waals surface area contributed by atoms with Gasteiger partial charge in [-0.15, -0.1) is 0 Å². The van der Waals surface area contributed by atoms with Gasteiger partial charge in [0.1, 0.15) is 0 Å². The lowest BCUT2D eigenvalue weighted by Crippen LogP contribution is -2.46. The van der Waals surface area contributed by atoms with Crippen molar-refractivity contribution in [1.82, 2.24) is 4.90 Å². The fourth-order valence-electron chi connectivity index (χ4n) is 4.44. The van der Waals surface area contributed by atoms with E-state index in [2.05, 4.69) is 15.0 Å². The van der Waals surface area contributed by atoms with Gasteiger partial charge in [-0.05, 0) is 56.2 Å². The van der Waals surface area contributed by atoms with Crippen molar-refractivity contribution >= 4 is 17.7 Å². The Balaban J connectivity index is 1.70. The van der Waals surface area contributed by atoms with Gasteiger partial charge in [0, 0.05) is 30.2 Å². The van der Waals surface area contributed by atoms with Gasteiger partial charge in [0.25, 0.3) is 0 Å². The molecule has 2 saturated carbocycles. The Bertz CT molecular complexity index is 647. The summed E-state index contributed by atoms with van der Waals surface area (Å²) in [7, 11) is 1.34. The molecule has 0 spiro atoms. The van der Waals surface area contributed by atoms with Crippen LogP contribution in [0.3, 0.4) is 0 Å². The molecule has 0 saturated heterocycles. The van der Waals surface area contributed by atoms with Crippen LogP contribution in [0.15, 0.2) is 24.3 Å². The number of carbonyl (C=O) groups is 2. The summed E-state index contributed by atoms with van der Waals surface area (Å²) in [6.07, 6.45) is 9.07. The van der Waals surface area contributed by atoms with Gasteiger partial charge >= 0.3 is 6.09 Å². The lowest BCUT2D eigenvalue weighted by Gasteiger charge is -2.39. The predicted octanol–water partition coefficient (Wildman–Crippen LogP) is 4.04. The van der Waals surface area contributed by atoms with Gasteiger partial charge in [-0.25, -0.2) is 4.79 Å². The molecule has 28 heavy (non-hydrogen) atoms. The quantitative estimate of drug-likeness (QED) is 0.798. The highest BCUT2D eigenvalue weighted by atomic mass is 16.5. The van der Waals surface area contributed by atoms with Crippen molar-refractivity contribution in [3.8, 4) is 0 Å². The van der Waals surface area contributed by atoms with Crippen molar-refractivity contribution in [3.63, 3.8) is 0 Å². The van der Waals surface area contributed by atoms with E-state index in [1.54, 1.807) is 0 Å². The van der Waals surface area contributed by atoms with Crippen LogP contribution in [-0.2, 0) is 16.1 Å². The number of hydrogen-bond acceptors (Lipinski definition) is 4. The Hall–Kier alpha value is -2.08. The Morgan fingerprint density at radius 1 is 1.04 bits per heavy atom. The minimum absolute atomic E-state index is 0.171. The van der Waals surface area contributed by atoms with E-state index in [-0.39, 0.29) is 18.0 Å². The third kappa shape index (κ3) is 5.47. The number of ether oxygens (including phenoxy) is 1. The van der Waals surface area contributed by atoms with Crippen LogP contribution in [-0.4, -0.2) is 36.1 Å². The molecular formula is C22H33N3O3. The number of nitrogens with two attached hydrogens (primary N) is 1. The van der Waals surface area contributed by atoms with Crippen molar-refractivity contribution in [2.24, 2.45) is 11.7 Å². The van der Waals surface area contributed by atoms with Gasteiger partial charge in [-0.2, -0.15) is 0 Å². The normalized spacial score (nSPS) is 23.1. The van der Waals surface area contributed by atoms with Gasteiger partial charge in [-0.1, -0.05) is 31.4 Å². The Morgan fingerprint density at radius 2 is 1.68 bits per heavy atom. The van der Waals surface area contributed by atoms with Crippen LogP contribution < -0.4 is 11.1 Å². The Labute approximate surface area is 167 Å². The van der Waals surface area contributed by atoms with Crippen molar-refractivity contribution in [1.29, 1.82) is 0 Å². The van der Waals surface area contributed by atoms with Crippen LogP contribution in [0.25, 0.3) is 0 Å². The molecule has 0 unspecified atom stereocenters. The molecule has 2 aliphatic carbocycles. The summed E-state index contributed by atoms with van der Waals surface area (Å²) in [4.78, 5) is 26.8. The molecule has 6 nitrogen and oxygen atoms in total. The van der Waals surface area contributed by atoms with E-state index in [1.807, 2.05) is 24.3 Å². The maximum Gasteiger partial charge on any atom is 0.411 e.